The van der Waals surface area contributed by atoms with Gasteiger partial charge in [0.15, 0.2) is 12.4 Å². The van der Waals surface area contributed by atoms with Gasteiger partial charge < -0.3 is 13.9 Å². The molecule has 0 bridgehead atoms. The van der Waals surface area contributed by atoms with Crippen LogP contribution in [0.2, 0.25) is 0 Å². The topological polar surface area (TPSA) is 112 Å². The third-order valence-electron chi connectivity index (χ3n) is 4.62. The van der Waals surface area contributed by atoms with Gasteiger partial charge in [0.05, 0.1) is 24.6 Å². The number of benzene rings is 2. The van der Waals surface area contributed by atoms with Gasteiger partial charge in [-0.15, -0.1) is 0 Å². The Morgan fingerprint density at radius 2 is 1.87 bits per heavy atom. The number of ether oxygens (including phenoxy) is 2. The first-order valence-corrected chi connectivity index (χ1v) is 11.4. The van der Waals surface area contributed by atoms with Gasteiger partial charge in [0.2, 0.25) is 10.0 Å². The molecule has 3 aromatic rings. The molecule has 8 nitrogen and oxygen atoms in total. The molecule has 0 aliphatic rings. The van der Waals surface area contributed by atoms with Crippen LogP contribution in [0.15, 0.2) is 40.8 Å². The van der Waals surface area contributed by atoms with Crippen molar-refractivity contribution in [3.05, 3.63) is 58.8 Å². The molecule has 31 heavy (non-hydrogen) atoms. The second-order valence-electron chi connectivity index (χ2n) is 7.01. The Hall–Kier alpha value is -3.33. The van der Waals surface area contributed by atoms with Crippen LogP contribution in [0.5, 0.6) is 5.75 Å². The lowest BCUT2D eigenvalue weighted by Crippen LogP contribution is -2.13. The number of methoxy groups -OCH3 is 1. The highest BCUT2D eigenvalue weighted by Gasteiger charge is 2.22. The number of ketones is 1. The Balaban J connectivity index is 1.96. The number of carbonyl (C=O) groups is 2. The lowest BCUT2D eigenvalue weighted by Gasteiger charge is -2.10. The molecular weight excluding hydrogens is 422 g/mol. The Morgan fingerprint density at radius 3 is 2.48 bits per heavy atom. The van der Waals surface area contributed by atoms with Gasteiger partial charge in [0, 0.05) is 23.4 Å². The van der Waals surface area contributed by atoms with Gasteiger partial charge in [-0.05, 0) is 42.8 Å². The van der Waals surface area contributed by atoms with Crippen LogP contribution in [0, 0.1) is 6.92 Å². The van der Waals surface area contributed by atoms with Gasteiger partial charge in [0.25, 0.3) is 0 Å². The number of hydrogen-bond acceptors (Lipinski definition) is 7. The number of carbonyl (C=O) groups excluding carboxylic acids is 2. The van der Waals surface area contributed by atoms with E-state index in [1.54, 1.807) is 43.3 Å². The molecule has 0 saturated heterocycles. The van der Waals surface area contributed by atoms with Crippen LogP contribution in [0.25, 0.3) is 11.0 Å². The molecule has 1 N–H and O–H groups in total. The lowest BCUT2D eigenvalue weighted by molar-refractivity contribution is -0.142. The average molecular weight is 445 g/mol. The third-order valence-corrected chi connectivity index (χ3v) is 5.23. The normalized spacial score (nSPS) is 11.4. The fraction of sp³-hybridized carbons (Fsp3) is 0.273. The molecule has 0 aliphatic carbocycles. The minimum absolute atomic E-state index is 0.220. The number of nitrogens with one attached hydrogen (secondary N) is 1. The predicted octanol–water partition coefficient (Wildman–Crippen LogP) is 3.46. The maximum absolute atomic E-state index is 13.3. The fourth-order valence-electron chi connectivity index (χ4n) is 3.22. The SMILES string of the molecule is CCc1oc2cc(NS(C)(=O)=O)ccc2c1C(=O)c1ccc(OCC(=O)OC)c(C)c1. The molecule has 1 aromatic heterocycles. The van der Waals surface area contributed by atoms with Crippen LogP contribution in [0.1, 0.15) is 34.2 Å². The van der Waals surface area contributed by atoms with Crippen molar-refractivity contribution in [2.75, 3.05) is 24.7 Å². The van der Waals surface area contributed by atoms with E-state index in [1.165, 1.54) is 7.11 Å². The molecule has 0 aliphatic heterocycles. The summed E-state index contributed by atoms with van der Waals surface area (Å²) in [6, 6.07) is 9.75. The van der Waals surface area contributed by atoms with Gasteiger partial charge >= 0.3 is 5.97 Å². The first-order chi connectivity index (χ1) is 14.6. The predicted molar refractivity (Wildman–Crippen MR) is 116 cm³/mol. The summed E-state index contributed by atoms with van der Waals surface area (Å²) in [5.74, 6) is 0.273. The van der Waals surface area contributed by atoms with Crippen LogP contribution < -0.4 is 9.46 Å². The number of furan rings is 1. The standard InChI is InChI=1S/C22H23NO7S/c1-5-17-21(16-8-7-15(11-19(16)30-17)23-31(4,26)27)22(25)14-6-9-18(13(2)10-14)29-12-20(24)28-3/h6-11,23H,5,12H2,1-4H3. The Morgan fingerprint density at radius 1 is 1.13 bits per heavy atom. The van der Waals surface area contributed by atoms with Gasteiger partial charge in [0.1, 0.15) is 17.1 Å². The maximum Gasteiger partial charge on any atom is 0.343 e. The summed E-state index contributed by atoms with van der Waals surface area (Å²) in [6.45, 7) is 3.43. The highest BCUT2D eigenvalue weighted by Crippen LogP contribution is 2.32. The molecule has 0 saturated carbocycles. The van der Waals surface area contributed by atoms with Crippen LogP contribution >= 0.6 is 0 Å². The first-order valence-electron chi connectivity index (χ1n) is 9.51. The van der Waals surface area contributed by atoms with Crippen molar-refractivity contribution in [1.82, 2.24) is 0 Å². The Labute approximate surface area is 180 Å². The van der Waals surface area contributed by atoms with Gasteiger partial charge in [-0.2, -0.15) is 0 Å². The lowest BCUT2D eigenvalue weighted by atomic mass is 9.98. The van der Waals surface area contributed by atoms with E-state index >= 15 is 0 Å². The number of hydrogen-bond donors (Lipinski definition) is 1. The van der Waals surface area contributed by atoms with Crippen molar-refractivity contribution in [3.63, 3.8) is 0 Å². The molecule has 1 heterocycles. The summed E-state index contributed by atoms with van der Waals surface area (Å²) in [4.78, 5) is 24.6. The fourth-order valence-corrected chi connectivity index (χ4v) is 3.77. The molecule has 164 valence electrons. The molecule has 3 rings (SSSR count). The zero-order valence-corrected chi connectivity index (χ0v) is 18.5. The molecule has 0 spiro atoms. The number of rotatable bonds is 8. The molecule has 0 amide bonds. The van der Waals surface area contributed by atoms with Crippen molar-refractivity contribution in [2.24, 2.45) is 0 Å². The molecular formula is C22H23NO7S. The van der Waals surface area contributed by atoms with Crippen LogP contribution in [-0.2, 0) is 26.0 Å². The minimum Gasteiger partial charge on any atom is -0.482 e. The first kappa shape index (κ1) is 22.4. The second kappa shape index (κ2) is 8.81. The maximum atomic E-state index is 13.3. The molecule has 0 radical (unpaired) electrons. The monoisotopic (exact) mass is 445 g/mol. The summed E-state index contributed by atoms with van der Waals surface area (Å²) in [5, 5.41) is 0.601. The molecule has 0 unspecified atom stereocenters. The summed E-state index contributed by atoms with van der Waals surface area (Å²) in [5.41, 5.74) is 2.35. The van der Waals surface area contributed by atoms with Crippen LogP contribution in [-0.4, -0.2) is 40.1 Å². The van der Waals surface area contributed by atoms with Crippen LogP contribution in [0.4, 0.5) is 5.69 Å². The summed E-state index contributed by atoms with van der Waals surface area (Å²) < 4.78 is 41.2. The third kappa shape index (κ3) is 5.05. The van der Waals surface area contributed by atoms with E-state index in [0.29, 0.717) is 51.3 Å². The van der Waals surface area contributed by atoms with E-state index in [-0.39, 0.29) is 12.4 Å². The Bertz CT molecular complexity index is 1260. The minimum atomic E-state index is -3.43. The van der Waals surface area contributed by atoms with E-state index in [1.807, 2.05) is 6.92 Å². The van der Waals surface area contributed by atoms with Crippen molar-refractivity contribution in [3.8, 4) is 5.75 Å². The number of aryl methyl sites for hydroxylation is 2. The zero-order chi connectivity index (χ0) is 22.8. The van der Waals surface area contributed by atoms with Gasteiger partial charge in [-0.3, -0.25) is 9.52 Å². The van der Waals surface area contributed by atoms with E-state index in [2.05, 4.69) is 9.46 Å². The van der Waals surface area contributed by atoms with Crippen LogP contribution in [0.3, 0.4) is 0 Å². The quantitative estimate of drug-likeness (QED) is 0.417. The van der Waals surface area contributed by atoms with Crippen molar-refractivity contribution in [1.29, 1.82) is 0 Å². The molecule has 9 heteroatoms. The largest absolute Gasteiger partial charge is 0.482 e. The summed E-state index contributed by atoms with van der Waals surface area (Å²) in [7, 11) is -2.16. The number of sulfonamides is 1. The van der Waals surface area contributed by atoms with E-state index in [0.717, 1.165) is 6.26 Å². The summed E-state index contributed by atoms with van der Waals surface area (Å²) >= 11 is 0. The van der Waals surface area contributed by atoms with Gasteiger partial charge in [-0.1, -0.05) is 6.92 Å². The zero-order valence-electron chi connectivity index (χ0n) is 17.6. The number of anilines is 1. The van der Waals surface area contributed by atoms with E-state index in [9.17, 15) is 18.0 Å². The Kier molecular flexibility index (Phi) is 6.35. The average Bonchev–Trinajstić information content (AvgIpc) is 3.08. The number of fused-ring (bicyclic) bond motifs is 1. The van der Waals surface area contributed by atoms with Gasteiger partial charge in [-0.25, -0.2) is 13.2 Å². The van der Waals surface area contributed by atoms with Crippen molar-refractivity contribution < 1.29 is 31.9 Å². The molecule has 0 atom stereocenters. The second-order valence-corrected chi connectivity index (χ2v) is 8.76. The number of esters is 1. The highest BCUT2D eigenvalue weighted by molar-refractivity contribution is 7.92. The summed E-state index contributed by atoms with van der Waals surface area (Å²) in [6.07, 6.45) is 1.55. The van der Waals surface area contributed by atoms with E-state index < -0.39 is 16.0 Å². The van der Waals surface area contributed by atoms with Crippen molar-refractivity contribution in [2.45, 2.75) is 20.3 Å². The van der Waals surface area contributed by atoms with Crippen molar-refractivity contribution >= 4 is 38.4 Å². The molecule has 0 fully saturated rings. The smallest absolute Gasteiger partial charge is 0.343 e. The highest BCUT2D eigenvalue weighted by atomic mass is 32.2. The van der Waals surface area contributed by atoms with E-state index in [4.69, 9.17) is 9.15 Å². The molecule has 2 aromatic carbocycles.